The van der Waals surface area contributed by atoms with Crippen molar-refractivity contribution in [2.24, 2.45) is 21.8 Å². The van der Waals surface area contributed by atoms with E-state index in [2.05, 4.69) is 114 Å². The number of aromatic nitrogens is 1. The van der Waals surface area contributed by atoms with Crippen molar-refractivity contribution in [3.8, 4) is 0 Å². The van der Waals surface area contributed by atoms with Gasteiger partial charge in [0.15, 0.2) is 0 Å². The van der Waals surface area contributed by atoms with Crippen LogP contribution in [0.25, 0.3) is 22.6 Å². The molecule has 1 aliphatic rings. The molecule has 2 aromatic carbocycles. The maximum atomic E-state index is 6.58. The highest BCUT2D eigenvalue weighted by Gasteiger charge is 2.12. The average Bonchev–Trinajstić information content (AvgIpc) is 3.58. The Morgan fingerprint density at radius 3 is 2.12 bits per heavy atom. The first-order valence-corrected chi connectivity index (χ1v) is 16.2. The minimum Gasteiger partial charge on any atom is -0.358 e. The van der Waals surface area contributed by atoms with Crippen molar-refractivity contribution in [1.82, 2.24) is 4.98 Å². The summed E-state index contributed by atoms with van der Waals surface area (Å²) in [5.74, 6) is 1.60. The number of H-pyrrole nitrogens is 1. The molecule has 0 spiro atoms. The van der Waals surface area contributed by atoms with Crippen molar-refractivity contribution >= 4 is 58.7 Å². The Morgan fingerprint density at radius 2 is 1.63 bits per heavy atom. The van der Waals surface area contributed by atoms with Gasteiger partial charge in [0.25, 0.3) is 0 Å². The summed E-state index contributed by atoms with van der Waals surface area (Å²) in [6.07, 6.45) is 11.0. The van der Waals surface area contributed by atoms with Gasteiger partial charge in [0, 0.05) is 51.7 Å². The number of rotatable bonds is 8. The number of aromatic amines is 1. The van der Waals surface area contributed by atoms with Gasteiger partial charge in [-0.25, -0.2) is 0 Å². The number of aliphatic imine (C=N–C) groups is 2. The Kier molecular flexibility index (Phi) is 14.7. The normalized spacial score (nSPS) is 12.7. The number of hydrogen-bond donors (Lipinski definition) is 1. The zero-order valence-corrected chi connectivity index (χ0v) is 29.4. The summed E-state index contributed by atoms with van der Waals surface area (Å²) >= 11 is 12.6. The Morgan fingerprint density at radius 1 is 0.953 bits per heavy atom. The minimum atomic E-state index is 0.529. The zero-order valence-electron chi connectivity index (χ0n) is 27.9. The van der Waals surface area contributed by atoms with Crippen LogP contribution in [0.5, 0.6) is 0 Å². The molecule has 0 amide bonds. The molecule has 0 aliphatic carbocycles. The van der Waals surface area contributed by atoms with Gasteiger partial charge in [0.05, 0.1) is 0 Å². The van der Waals surface area contributed by atoms with Gasteiger partial charge in [-0.1, -0.05) is 89.7 Å². The molecule has 1 aromatic heterocycles. The molecule has 2 heterocycles. The molecule has 0 atom stereocenters. The number of aryl methyl sites for hydroxylation is 2. The highest BCUT2D eigenvalue weighted by Crippen LogP contribution is 2.32. The fourth-order valence-corrected chi connectivity index (χ4v) is 5.42. The first kappa shape index (κ1) is 36.3. The molecule has 43 heavy (non-hydrogen) atoms. The van der Waals surface area contributed by atoms with Gasteiger partial charge < -0.3 is 4.98 Å². The number of halogens is 2. The lowest BCUT2D eigenvalue weighted by Crippen LogP contribution is -2.02. The molecular formula is C38H51Cl2N3. The van der Waals surface area contributed by atoms with E-state index >= 15 is 0 Å². The molecule has 232 valence electrons. The van der Waals surface area contributed by atoms with E-state index < -0.39 is 0 Å². The molecule has 0 bridgehead atoms. The largest absolute Gasteiger partial charge is 0.358 e. The first-order valence-electron chi connectivity index (χ1n) is 15.4. The van der Waals surface area contributed by atoms with Crippen molar-refractivity contribution in [1.29, 1.82) is 0 Å². The number of fused-ring (bicyclic) bond motifs is 1. The zero-order chi connectivity index (χ0) is 32.3. The third-order valence-electron chi connectivity index (χ3n) is 7.48. The van der Waals surface area contributed by atoms with Crippen LogP contribution in [0.3, 0.4) is 0 Å². The van der Waals surface area contributed by atoms with Crippen LogP contribution in [-0.4, -0.2) is 17.9 Å². The highest BCUT2D eigenvalue weighted by atomic mass is 35.5. The standard InChI is InChI=1S/C21H30ClN.C12H14ClN.C5H7N/c1-8-9-17(13-23-7)20-10-16(6)18(12-21(20)22)11-19(14(2)3)15(4)5;1-7(2)11-6-9-5-10(13)8(3)4-12(9)14-11;1-5-2-3-6-4-5/h10-15H,7-9H2,1-6H3;4-7,14H,1-3H3;3-4H,2H2,1H3/b17-13+;;. The molecule has 3 nitrogen and oxygen atoms in total. The summed E-state index contributed by atoms with van der Waals surface area (Å²) in [7, 11) is 0. The number of benzene rings is 2. The number of hydrogen-bond acceptors (Lipinski definition) is 2. The second kappa shape index (κ2) is 17.4. The molecule has 1 aliphatic heterocycles. The molecule has 0 saturated heterocycles. The second-order valence-corrected chi connectivity index (χ2v) is 13.1. The summed E-state index contributed by atoms with van der Waals surface area (Å²) in [5.41, 5.74) is 11.1. The summed E-state index contributed by atoms with van der Waals surface area (Å²) in [6.45, 7) is 25.3. The van der Waals surface area contributed by atoms with E-state index in [0.717, 1.165) is 46.0 Å². The predicted molar refractivity (Wildman–Crippen MR) is 195 cm³/mol. The van der Waals surface area contributed by atoms with Gasteiger partial charge in [0.2, 0.25) is 0 Å². The Labute approximate surface area is 270 Å². The smallest absolute Gasteiger partial charge is 0.0487 e. The van der Waals surface area contributed by atoms with E-state index in [1.165, 1.54) is 38.9 Å². The lowest BCUT2D eigenvalue weighted by atomic mass is 9.89. The van der Waals surface area contributed by atoms with Crippen LogP contribution < -0.4 is 0 Å². The van der Waals surface area contributed by atoms with Gasteiger partial charge in [-0.3, -0.25) is 9.98 Å². The van der Waals surface area contributed by atoms with Crippen LogP contribution in [0, 0.1) is 25.7 Å². The Balaban J connectivity index is 0.000000268. The van der Waals surface area contributed by atoms with Crippen molar-refractivity contribution in [3.05, 3.63) is 91.9 Å². The number of allylic oxidation sites excluding steroid dienone is 3. The van der Waals surface area contributed by atoms with Crippen LogP contribution >= 0.6 is 23.2 Å². The average molecular weight is 621 g/mol. The summed E-state index contributed by atoms with van der Waals surface area (Å²) in [5, 5.41) is 2.83. The van der Waals surface area contributed by atoms with Crippen molar-refractivity contribution < 1.29 is 0 Å². The molecule has 4 rings (SSSR count). The van der Waals surface area contributed by atoms with Gasteiger partial charge in [0.1, 0.15) is 0 Å². The number of nitrogens with one attached hydrogen (secondary N) is 1. The third-order valence-corrected chi connectivity index (χ3v) is 8.20. The quantitative estimate of drug-likeness (QED) is 0.244. The summed E-state index contributed by atoms with van der Waals surface area (Å²) in [6, 6.07) is 10.6. The SMILES string of the molecule is C=N/C=C(\CCC)c1cc(C)c(C=C(C(C)C)C(C)C)cc1Cl.CC1=CN=CC1.Cc1cc2[nH]c(C(C)C)cc2cc1Cl. The maximum absolute atomic E-state index is 6.58. The van der Waals surface area contributed by atoms with E-state index in [0.29, 0.717) is 17.8 Å². The van der Waals surface area contributed by atoms with Crippen LogP contribution in [-0.2, 0) is 0 Å². The first-order chi connectivity index (χ1) is 20.3. The van der Waals surface area contributed by atoms with Gasteiger partial charge in [-0.2, -0.15) is 0 Å². The van der Waals surface area contributed by atoms with Crippen LogP contribution in [0.4, 0.5) is 0 Å². The van der Waals surface area contributed by atoms with E-state index in [9.17, 15) is 0 Å². The van der Waals surface area contributed by atoms with E-state index in [4.69, 9.17) is 23.2 Å². The monoisotopic (exact) mass is 619 g/mol. The topological polar surface area (TPSA) is 40.5 Å². The van der Waals surface area contributed by atoms with Crippen molar-refractivity contribution in [3.63, 3.8) is 0 Å². The second-order valence-electron chi connectivity index (χ2n) is 12.3. The molecule has 1 N–H and O–H groups in total. The molecule has 0 unspecified atom stereocenters. The van der Waals surface area contributed by atoms with E-state index in [-0.39, 0.29) is 0 Å². The summed E-state index contributed by atoms with van der Waals surface area (Å²) < 4.78 is 0. The van der Waals surface area contributed by atoms with Crippen LogP contribution in [0.1, 0.15) is 109 Å². The van der Waals surface area contributed by atoms with Crippen molar-refractivity contribution in [2.45, 2.75) is 94.4 Å². The van der Waals surface area contributed by atoms with E-state index in [1.54, 1.807) is 0 Å². The molecule has 5 heteroatoms. The molecule has 0 fully saturated rings. The van der Waals surface area contributed by atoms with Gasteiger partial charge in [-0.05, 0) is 115 Å². The highest BCUT2D eigenvalue weighted by molar-refractivity contribution is 6.32. The molecular weight excluding hydrogens is 569 g/mol. The lowest BCUT2D eigenvalue weighted by Gasteiger charge is -2.17. The van der Waals surface area contributed by atoms with Gasteiger partial charge in [-0.15, -0.1) is 0 Å². The maximum Gasteiger partial charge on any atom is 0.0487 e. The van der Waals surface area contributed by atoms with Gasteiger partial charge >= 0.3 is 0 Å². The Hall–Kier alpha value is -2.88. The minimum absolute atomic E-state index is 0.529. The fourth-order valence-electron chi connectivity index (χ4n) is 4.95. The molecule has 0 radical (unpaired) electrons. The predicted octanol–water partition coefficient (Wildman–Crippen LogP) is 12.8. The lowest BCUT2D eigenvalue weighted by molar-refractivity contribution is 0.632. The fraction of sp³-hybridized carbons (Fsp3) is 0.421. The molecule has 3 aromatic rings. The van der Waals surface area contributed by atoms with Crippen molar-refractivity contribution in [2.75, 3.05) is 0 Å². The van der Waals surface area contributed by atoms with E-state index in [1.807, 2.05) is 31.6 Å². The third kappa shape index (κ3) is 11.0. The van der Waals surface area contributed by atoms with Crippen LogP contribution in [0.2, 0.25) is 10.0 Å². The Bertz CT molecular complexity index is 1450. The molecule has 0 saturated carbocycles. The summed E-state index contributed by atoms with van der Waals surface area (Å²) in [4.78, 5) is 11.2. The number of nitrogens with zero attached hydrogens (tertiary/aromatic N) is 2. The van der Waals surface area contributed by atoms with Crippen LogP contribution in [0.15, 0.2) is 63.9 Å².